The number of rotatable bonds is 3. The molecule has 3 aromatic rings. The Morgan fingerprint density at radius 1 is 1.25 bits per heavy atom. The second-order valence-corrected chi connectivity index (χ2v) is 9.39. The fourth-order valence-electron chi connectivity index (χ4n) is 4.06. The maximum absolute atomic E-state index is 13.7. The van der Waals surface area contributed by atoms with Gasteiger partial charge in [-0.25, -0.2) is 4.98 Å². The van der Waals surface area contributed by atoms with Gasteiger partial charge >= 0.3 is 0 Å². The smallest absolute Gasteiger partial charge is 0.263 e. The predicted octanol–water partition coefficient (Wildman–Crippen LogP) is 5.48. The summed E-state index contributed by atoms with van der Waals surface area (Å²) in [7, 11) is 2.14. The molecule has 4 nitrogen and oxygen atoms in total. The average molecular weight is 416 g/mol. The van der Waals surface area contributed by atoms with Crippen molar-refractivity contribution in [3.8, 4) is 11.1 Å². The number of benzene rings is 1. The second-order valence-electron chi connectivity index (χ2n) is 8.13. The third-order valence-electron chi connectivity index (χ3n) is 5.71. The van der Waals surface area contributed by atoms with E-state index in [1.54, 1.807) is 11.3 Å². The molecule has 28 heavy (non-hydrogen) atoms. The Balaban J connectivity index is 1.93. The van der Waals surface area contributed by atoms with Crippen molar-refractivity contribution >= 4 is 33.2 Å². The Hall–Kier alpha value is -1.69. The monoisotopic (exact) mass is 415 g/mol. The van der Waals surface area contributed by atoms with Gasteiger partial charge in [0.05, 0.1) is 5.39 Å². The number of piperidine rings is 1. The van der Waals surface area contributed by atoms with Crippen molar-refractivity contribution in [1.29, 1.82) is 0 Å². The quantitative estimate of drug-likeness (QED) is 0.568. The second kappa shape index (κ2) is 7.62. The van der Waals surface area contributed by atoms with Crippen LogP contribution in [0.15, 0.2) is 28.4 Å². The normalized spacial score (nSPS) is 16.4. The summed E-state index contributed by atoms with van der Waals surface area (Å²) in [5.41, 5.74) is 3.11. The number of aryl methyl sites for hydroxylation is 1. The van der Waals surface area contributed by atoms with E-state index in [4.69, 9.17) is 16.6 Å². The van der Waals surface area contributed by atoms with E-state index in [9.17, 15) is 4.79 Å². The first-order valence-electron chi connectivity index (χ1n) is 9.85. The van der Waals surface area contributed by atoms with Crippen LogP contribution in [0.25, 0.3) is 21.3 Å². The highest BCUT2D eigenvalue weighted by Crippen LogP contribution is 2.34. The summed E-state index contributed by atoms with van der Waals surface area (Å²) >= 11 is 7.76. The number of hydrogen-bond acceptors (Lipinski definition) is 4. The molecule has 1 aromatic carbocycles. The highest BCUT2D eigenvalue weighted by Gasteiger charge is 2.26. The van der Waals surface area contributed by atoms with Crippen LogP contribution in [0, 0.1) is 6.92 Å². The molecule has 0 unspecified atom stereocenters. The summed E-state index contributed by atoms with van der Waals surface area (Å²) in [5, 5.41) is 3.55. The van der Waals surface area contributed by atoms with Gasteiger partial charge in [-0.1, -0.05) is 31.5 Å². The number of nitrogens with zero attached hydrogens (tertiary/aromatic N) is 3. The summed E-state index contributed by atoms with van der Waals surface area (Å²) in [5.74, 6) is 1.12. The van der Waals surface area contributed by atoms with E-state index in [0.717, 1.165) is 63.7 Å². The molecular formula is C22H26ClN3OS. The van der Waals surface area contributed by atoms with Crippen LogP contribution in [-0.2, 0) is 0 Å². The van der Waals surface area contributed by atoms with Crippen LogP contribution in [0.4, 0.5) is 0 Å². The lowest BCUT2D eigenvalue weighted by atomic mass is 10.0. The summed E-state index contributed by atoms with van der Waals surface area (Å²) in [4.78, 5) is 21.9. The van der Waals surface area contributed by atoms with Gasteiger partial charge in [0, 0.05) is 27.9 Å². The van der Waals surface area contributed by atoms with E-state index in [1.807, 2.05) is 23.6 Å². The van der Waals surface area contributed by atoms with Crippen molar-refractivity contribution in [2.24, 2.45) is 0 Å². The van der Waals surface area contributed by atoms with Crippen molar-refractivity contribution in [2.45, 2.75) is 45.6 Å². The number of fused-ring (bicyclic) bond motifs is 1. The maximum atomic E-state index is 13.7. The number of aromatic nitrogens is 2. The highest BCUT2D eigenvalue weighted by molar-refractivity contribution is 7.17. The van der Waals surface area contributed by atoms with Gasteiger partial charge < -0.3 is 4.90 Å². The molecule has 4 rings (SSSR count). The van der Waals surface area contributed by atoms with Crippen molar-refractivity contribution in [3.05, 3.63) is 50.3 Å². The topological polar surface area (TPSA) is 38.1 Å². The van der Waals surface area contributed by atoms with Gasteiger partial charge in [0.15, 0.2) is 0 Å². The van der Waals surface area contributed by atoms with Gasteiger partial charge in [-0.3, -0.25) is 9.36 Å². The van der Waals surface area contributed by atoms with Crippen molar-refractivity contribution in [2.75, 3.05) is 20.1 Å². The average Bonchev–Trinajstić information content (AvgIpc) is 3.09. The van der Waals surface area contributed by atoms with Crippen LogP contribution in [0.1, 0.15) is 50.0 Å². The van der Waals surface area contributed by atoms with E-state index in [1.165, 1.54) is 0 Å². The molecule has 0 saturated carbocycles. The molecule has 0 radical (unpaired) electrons. The van der Waals surface area contributed by atoms with Gasteiger partial charge in [0.25, 0.3) is 5.56 Å². The Morgan fingerprint density at radius 2 is 1.96 bits per heavy atom. The molecule has 0 atom stereocenters. The first kappa shape index (κ1) is 19.6. The predicted molar refractivity (Wildman–Crippen MR) is 119 cm³/mol. The molecule has 1 fully saturated rings. The molecular weight excluding hydrogens is 390 g/mol. The molecule has 0 bridgehead atoms. The van der Waals surface area contributed by atoms with Gasteiger partial charge in [0.1, 0.15) is 10.7 Å². The van der Waals surface area contributed by atoms with E-state index in [0.29, 0.717) is 0 Å². The molecule has 3 heterocycles. The first-order valence-corrected chi connectivity index (χ1v) is 11.1. The third kappa shape index (κ3) is 3.40. The van der Waals surface area contributed by atoms with Crippen LogP contribution in [-0.4, -0.2) is 34.6 Å². The minimum atomic E-state index is 0.104. The van der Waals surface area contributed by atoms with Crippen LogP contribution in [0.3, 0.4) is 0 Å². The number of likely N-dealkylation sites (tertiary alicyclic amines) is 1. The van der Waals surface area contributed by atoms with Gasteiger partial charge in [-0.2, -0.15) is 0 Å². The molecule has 148 valence electrons. The molecule has 1 aliphatic heterocycles. The summed E-state index contributed by atoms with van der Waals surface area (Å²) in [6.07, 6.45) is 1.98. The van der Waals surface area contributed by atoms with Gasteiger partial charge in [0.2, 0.25) is 0 Å². The number of halogens is 1. The van der Waals surface area contributed by atoms with Gasteiger partial charge in [-0.15, -0.1) is 11.3 Å². The zero-order valence-electron chi connectivity index (χ0n) is 16.8. The molecule has 0 amide bonds. The third-order valence-corrected chi connectivity index (χ3v) is 7.00. The van der Waals surface area contributed by atoms with Crippen LogP contribution < -0.4 is 5.56 Å². The lowest BCUT2D eigenvalue weighted by molar-refractivity contribution is 0.215. The van der Waals surface area contributed by atoms with Crippen molar-refractivity contribution < 1.29 is 0 Å². The molecule has 0 N–H and O–H groups in total. The van der Waals surface area contributed by atoms with Crippen molar-refractivity contribution in [1.82, 2.24) is 14.5 Å². The zero-order valence-corrected chi connectivity index (χ0v) is 18.4. The van der Waals surface area contributed by atoms with Crippen LogP contribution in [0.5, 0.6) is 0 Å². The van der Waals surface area contributed by atoms with Gasteiger partial charge in [-0.05, 0) is 63.2 Å². The fraction of sp³-hybridized carbons (Fsp3) is 0.455. The minimum absolute atomic E-state index is 0.104. The van der Waals surface area contributed by atoms with Crippen LogP contribution >= 0.6 is 22.9 Å². The molecule has 2 aromatic heterocycles. The summed E-state index contributed by atoms with van der Waals surface area (Å²) < 4.78 is 2.00. The van der Waals surface area contributed by atoms with E-state index in [-0.39, 0.29) is 17.5 Å². The Morgan fingerprint density at radius 3 is 2.61 bits per heavy atom. The van der Waals surface area contributed by atoms with E-state index in [2.05, 4.69) is 37.2 Å². The van der Waals surface area contributed by atoms with E-state index < -0.39 is 0 Å². The first-order chi connectivity index (χ1) is 13.4. The Bertz CT molecular complexity index is 1080. The molecule has 6 heteroatoms. The molecule has 0 aliphatic carbocycles. The minimum Gasteiger partial charge on any atom is -0.306 e. The largest absolute Gasteiger partial charge is 0.306 e. The molecule has 1 aliphatic rings. The number of thiophene rings is 1. The van der Waals surface area contributed by atoms with Crippen molar-refractivity contribution in [3.63, 3.8) is 0 Å². The Labute approximate surface area is 174 Å². The summed E-state index contributed by atoms with van der Waals surface area (Å²) in [6.45, 7) is 8.26. The SMILES string of the molecule is Cc1cc(-c2csc3nc(C(C)C)n(C4CCN(C)CC4)c(=O)c23)ccc1Cl. The lowest BCUT2D eigenvalue weighted by Crippen LogP contribution is -2.37. The highest BCUT2D eigenvalue weighted by atomic mass is 35.5. The zero-order chi connectivity index (χ0) is 20.0. The van der Waals surface area contributed by atoms with E-state index >= 15 is 0 Å². The lowest BCUT2D eigenvalue weighted by Gasteiger charge is -2.32. The fourth-order valence-corrected chi connectivity index (χ4v) is 5.12. The summed E-state index contributed by atoms with van der Waals surface area (Å²) in [6, 6.07) is 6.17. The maximum Gasteiger partial charge on any atom is 0.263 e. The Kier molecular flexibility index (Phi) is 5.34. The van der Waals surface area contributed by atoms with Crippen LogP contribution in [0.2, 0.25) is 5.02 Å². The number of hydrogen-bond donors (Lipinski definition) is 0. The molecule has 1 saturated heterocycles. The molecule has 0 spiro atoms. The standard InChI is InChI=1S/C22H26ClN3OS/c1-13(2)20-24-21-19(22(27)26(20)16-7-9-25(4)10-8-16)17(12-28-21)15-5-6-18(23)14(3)11-15/h5-6,11-13,16H,7-10H2,1-4H3.